The molecule has 1 amide bonds. The molecule has 0 aliphatic heterocycles. The quantitative estimate of drug-likeness (QED) is 0.767. The molecule has 0 atom stereocenters. The molecule has 0 heterocycles. The number of amides is 1. The highest BCUT2D eigenvalue weighted by atomic mass is 16.5. The lowest BCUT2D eigenvalue weighted by atomic mass is 10.2. The van der Waals surface area contributed by atoms with Crippen molar-refractivity contribution in [2.45, 2.75) is 13.3 Å². The van der Waals surface area contributed by atoms with E-state index in [1.54, 1.807) is 29.2 Å². The van der Waals surface area contributed by atoms with E-state index in [1.165, 1.54) is 7.11 Å². The van der Waals surface area contributed by atoms with Gasteiger partial charge in [0, 0.05) is 5.69 Å². The van der Waals surface area contributed by atoms with Gasteiger partial charge in [0.25, 0.3) is 0 Å². The van der Waals surface area contributed by atoms with Gasteiger partial charge in [-0.15, -0.1) is 0 Å². The summed E-state index contributed by atoms with van der Waals surface area (Å²) >= 11 is 0. The molecule has 1 aromatic carbocycles. The SMILES string of the molecule is CCCN(CC(=O)Nc1cccc(C#N)c1)CC(=O)OC. The maximum atomic E-state index is 12.0. The van der Waals surface area contributed by atoms with Crippen molar-refractivity contribution in [2.75, 3.05) is 32.1 Å². The highest BCUT2D eigenvalue weighted by Gasteiger charge is 2.14. The summed E-state index contributed by atoms with van der Waals surface area (Å²) in [6, 6.07) is 8.69. The Morgan fingerprint density at radius 2 is 2.14 bits per heavy atom. The Kier molecular flexibility index (Phi) is 6.92. The lowest BCUT2D eigenvalue weighted by molar-refractivity contribution is -0.142. The summed E-state index contributed by atoms with van der Waals surface area (Å²) in [4.78, 5) is 25.0. The predicted octanol–water partition coefficient (Wildman–Crippen LogP) is 1.38. The molecule has 0 aromatic heterocycles. The topological polar surface area (TPSA) is 82.4 Å². The van der Waals surface area contributed by atoms with E-state index in [-0.39, 0.29) is 25.0 Å². The zero-order valence-corrected chi connectivity index (χ0v) is 12.3. The Labute approximate surface area is 124 Å². The van der Waals surface area contributed by atoms with Crippen LogP contribution in [0.5, 0.6) is 0 Å². The Bertz CT molecular complexity index is 537. The van der Waals surface area contributed by atoms with Gasteiger partial charge < -0.3 is 10.1 Å². The zero-order valence-electron chi connectivity index (χ0n) is 12.3. The molecule has 0 saturated carbocycles. The van der Waals surface area contributed by atoms with Crippen molar-refractivity contribution in [1.82, 2.24) is 4.90 Å². The van der Waals surface area contributed by atoms with Gasteiger partial charge in [0.15, 0.2) is 0 Å². The highest BCUT2D eigenvalue weighted by Crippen LogP contribution is 2.09. The van der Waals surface area contributed by atoms with Crippen LogP contribution in [0.4, 0.5) is 5.69 Å². The van der Waals surface area contributed by atoms with Gasteiger partial charge in [-0.1, -0.05) is 13.0 Å². The monoisotopic (exact) mass is 289 g/mol. The van der Waals surface area contributed by atoms with Crippen molar-refractivity contribution in [3.8, 4) is 6.07 Å². The average Bonchev–Trinajstić information content (AvgIpc) is 2.47. The molecule has 1 N–H and O–H groups in total. The fraction of sp³-hybridized carbons (Fsp3) is 0.400. The second-order valence-electron chi connectivity index (χ2n) is 4.53. The van der Waals surface area contributed by atoms with E-state index < -0.39 is 0 Å². The molecule has 21 heavy (non-hydrogen) atoms. The molecule has 0 fully saturated rings. The molecule has 0 aliphatic carbocycles. The number of methoxy groups -OCH3 is 1. The van der Waals surface area contributed by atoms with Gasteiger partial charge in [-0.2, -0.15) is 5.26 Å². The molecular weight excluding hydrogens is 270 g/mol. The third kappa shape index (κ3) is 6.06. The fourth-order valence-corrected chi connectivity index (χ4v) is 1.85. The number of rotatable bonds is 7. The van der Waals surface area contributed by atoms with Crippen LogP contribution in [0.15, 0.2) is 24.3 Å². The van der Waals surface area contributed by atoms with Crippen molar-refractivity contribution in [3.63, 3.8) is 0 Å². The summed E-state index contributed by atoms with van der Waals surface area (Å²) in [6.45, 7) is 2.77. The molecule has 0 radical (unpaired) electrons. The molecule has 6 nitrogen and oxygen atoms in total. The summed E-state index contributed by atoms with van der Waals surface area (Å²) in [5.74, 6) is -0.606. The van der Waals surface area contributed by atoms with Crippen LogP contribution >= 0.6 is 0 Å². The van der Waals surface area contributed by atoms with Gasteiger partial charge >= 0.3 is 5.97 Å². The number of benzene rings is 1. The number of carbonyl (C=O) groups is 2. The van der Waals surface area contributed by atoms with Crippen molar-refractivity contribution in [3.05, 3.63) is 29.8 Å². The van der Waals surface area contributed by atoms with Crippen LogP contribution in [0.3, 0.4) is 0 Å². The standard InChI is InChI=1S/C15H19N3O3/c1-3-7-18(11-15(20)21-2)10-14(19)17-13-6-4-5-12(8-13)9-16/h4-6,8H,3,7,10-11H2,1-2H3,(H,17,19). The second-order valence-corrected chi connectivity index (χ2v) is 4.53. The molecule has 6 heteroatoms. The smallest absolute Gasteiger partial charge is 0.319 e. The van der Waals surface area contributed by atoms with Crippen LogP contribution in [0.2, 0.25) is 0 Å². The number of ether oxygens (including phenoxy) is 1. The van der Waals surface area contributed by atoms with E-state index in [4.69, 9.17) is 5.26 Å². The first-order chi connectivity index (χ1) is 10.1. The first kappa shape index (κ1) is 16.7. The maximum absolute atomic E-state index is 12.0. The number of carbonyl (C=O) groups excluding carboxylic acids is 2. The van der Waals surface area contributed by atoms with E-state index in [9.17, 15) is 9.59 Å². The minimum Gasteiger partial charge on any atom is -0.468 e. The molecule has 0 saturated heterocycles. The lowest BCUT2D eigenvalue weighted by Gasteiger charge is -2.19. The summed E-state index contributed by atoms with van der Waals surface area (Å²) in [5.41, 5.74) is 1.04. The van der Waals surface area contributed by atoms with E-state index in [0.717, 1.165) is 6.42 Å². The third-order valence-electron chi connectivity index (χ3n) is 2.76. The third-order valence-corrected chi connectivity index (χ3v) is 2.76. The molecule has 1 rings (SSSR count). The van der Waals surface area contributed by atoms with Gasteiger partial charge in [0.1, 0.15) is 0 Å². The van der Waals surface area contributed by atoms with E-state index in [2.05, 4.69) is 10.1 Å². The van der Waals surface area contributed by atoms with E-state index in [1.807, 2.05) is 13.0 Å². The number of hydrogen-bond acceptors (Lipinski definition) is 5. The largest absolute Gasteiger partial charge is 0.468 e. The minimum absolute atomic E-state index is 0.0794. The summed E-state index contributed by atoms with van der Waals surface area (Å²) in [5, 5.41) is 11.5. The molecule has 0 unspecified atom stereocenters. The Morgan fingerprint density at radius 1 is 1.38 bits per heavy atom. The van der Waals surface area contributed by atoms with Crippen LogP contribution in [0.1, 0.15) is 18.9 Å². The number of hydrogen-bond donors (Lipinski definition) is 1. The van der Waals surface area contributed by atoms with Gasteiger partial charge in [0.2, 0.25) is 5.91 Å². The molecule has 1 aromatic rings. The van der Waals surface area contributed by atoms with Crippen molar-refractivity contribution in [1.29, 1.82) is 5.26 Å². The number of esters is 1. The van der Waals surface area contributed by atoms with Gasteiger partial charge in [0.05, 0.1) is 31.8 Å². The number of nitrogens with zero attached hydrogens (tertiary/aromatic N) is 2. The predicted molar refractivity (Wildman–Crippen MR) is 78.5 cm³/mol. The second kappa shape index (κ2) is 8.72. The number of anilines is 1. The highest BCUT2D eigenvalue weighted by molar-refractivity contribution is 5.92. The van der Waals surface area contributed by atoms with Crippen LogP contribution in [-0.4, -0.2) is 43.5 Å². The number of nitrogens with one attached hydrogen (secondary N) is 1. The van der Waals surface area contributed by atoms with Crippen LogP contribution in [0, 0.1) is 11.3 Å². The van der Waals surface area contributed by atoms with Crippen LogP contribution in [-0.2, 0) is 14.3 Å². The fourth-order valence-electron chi connectivity index (χ4n) is 1.85. The van der Waals surface area contributed by atoms with Gasteiger partial charge in [-0.05, 0) is 31.2 Å². The first-order valence-electron chi connectivity index (χ1n) is 6.68. The lowest BCUT2D eigenvalue weighted by Crippen LogP contribution is -2.37. The molecule has 0 spiro atoms. The molecule has 0 bridgehead atoms. The van der Waals surface area contributed by atoms with Gasteiger partial charge in [-0.25, -0.2) is 0 Å². The van der Waals surface area contributed by atoms with Gasteiger partial charge in [-0.3, -0.25) is 14.5 Å². The molecular formula is C15H19N3O3. The normalized spacial score (nSPS) is 10.0. The Hall–Kier alpha value is -2.39. The molecule has 0 aliphatic rings. The van der Waals surface area contributed by atoms with Crippen LogP contribution < -0.4 is 5.32 Å². The first-order valence-corrected chi connectivity index (χ1v) is 6.68. The number of nitriles is 1. The van der Waals surface area contributed by atoms with Crippen molar-refractivity contribution in [2.24, 2.45) is 0 Å². The van der Waals surface area contributed by atoms with Crippen LogP contribution in [0.25, 0.3) is 0 Å². The maximum Gasteiger partial charge on any atom is 0.319 e. The minimum atomic E-state index is -0.372. The summed E-state index contributed by atoms with van der Waals surface area (Å²) < 4.78 is 4.61. The van der Waals surface area contributed by atoms with E-state index in [0.29, 0.717) is 17.8 Å². The Balaban J connectivity index is 2.60. The van der Waals surface area contributed by atoms with Crippen molar-refractivity contribution < 1.29 is 14.3 Å². The Morgan fingerprint density at radius 3 is 2.76 bits per heavy atom. The van der Waals surface area contributed by atoms with Crippen molar-refractivity contribution >= 4 is 17.6 Å². The van der Waals surface area contributed by atoms with E-state index >= 15 is 0 Å². The molecule has 112 valence electrons. The zero-order chi connectivity index (χ0) is 15.7. The average molecular weight is 289 g/mol. The summed E-state index contributed by atoms with van der Waals surface area (Å²) in [6.07, 6.45) is 0.828. The summed E-state index contributed by atoms with van der Waals surface area (Å²) in [7, 11) is 1.32.